The van der Waals surface area contributed by atoms with Crippen LogP contribution in [-0.4, -0.2) is 44.0 Å². The second-order valence-corrected chi connectivity index (χ2v) is 7.85. The molecule has 1 atom stereocenters. The maximum absolute atomic E-state index is 13.5. The van der Waals surface area contributed by atoms with E-state index in [1.807, 2.05) is 79.3 Å². The van der Waals surface area contributed by atoms with Gasteiger partial charge >= 0.3 is 6.03 Å². The van der Waals surface area contributed by atoms with E-state index in [4.69, 9.17) is 0 Å². The first-order valence-electron chi connectivity index (χ1n) is 11.1. The van der Waals surface area contributed by atoms with Gasteiger partial charge in [0.05, 0.1) is 5.92 Å². The predicted molar refractivity (Wildman–Crippen MR) is 129 cm³/mol. The summed E-state index contributed by atoms with van der Waals surface area (Å²) in [6, 6.07) is 15.6. The molecule has 1 unspecified atom stereocenters. The Morgan fingerprint density at radius 1 is 1.00 bits per heavy atom. The number of nitrogens with zero attached hydrogens (tertiary/aromatic N) is 2. The highest BCUT2D eigenvalue weighted by Gasteiger charge is 2.25. The van der Waals surface area contributed by atoms with Crippen LogP contribution in [0.3, 0.4) is 0 Å². The van der Waals surface area contributed by atoms with E-state index in [0.717, 1.165) is 29.7 Å². The molecule has 6 heteroatoms. The first-order chi connectivity index (χ1) is 14.9. The average molecular weight is 425 g/mol. The quantitative estimate of drug-likeness (QED) is 0.574. The standard InChI is InChI=1S/C25H36N4O2/c1-6-16-29(24(30)22(7-2)19-12-10-9-11-13-19)18-20-17-21(27-25(31)26-8-3)14-15-23(20)28(4)5/h9-15,17,22H,6-8,16,18H2,1-5H3,(H2,26,27,31). The number of hydrogen-bond acceptors (Lipinski definition) is 3. The van der Waals surface area contributed by atoms with Crippen LogP contribution in [0.25, 0.3) is 0 Å². The van der Waals surface area contributed by atoms with Crippen molar-refractivity contribution in [2.45, 2.75) is 46.1 Å². The van der Waals surface area contributed by atoms with E-state index in [1.165, 1.54) is 0 Å². The van der Waals surface area contributed by atoms with E-state index < -0.39 is 0 Å². The largest absolute Gasteiger partial charge is 0.377 e. The zero-order chi connectivity index (χ0) is 22.8. The van der Waals surface area contributed by atoms with Gasteiger partial charge in [0.1, 0.15) is 0 Å². The lowest BCUT2D eigenvalue weighted by molar-refractivity contribution is -0.133. The lowest BCUT2D eigenvalue weighted by Crippen LogP contribution is -2.35. The molecular formula is C25H36N4O2. The number of hydrogen-bond donors (Lipinski definition) is 2. The van der Waals surface area contributed by atoms with Gasteiger partial charge in [0.25, 0.3) is 0 Å². The first kappa shape index (κ1) is 24.3. The molecule has 0 radical (unpaired) electrons. The molecule has 6 nitrogen and oxygen atoms in total. The van der Waals surface area contributed by atoms with E-state index in [1.54, 1.807) is 0 Å². The molecule has 2 N–H and O–H groups in total. The van der Waals surface area contributed by atoms with Gasteiger partial charge in [-0.05, 0) is 49.1 Å². The maximum atomic E-state index is 13.5. The Labute approximate surface area is 186 Å². The minimum Gasteiger partial charge on any atom is -0.377 e. The predicted octanol–water partition coefficient (Wildman–Crippen LogP) is 4.83. The molecule has 2 rings (SSSR count). The third-order valence-electron chi connectivity index (χ3n) is 5.23. The normalized spacial score (nSPS) is 11.5. The summed E-state index contributed by atoms with van der Waals surface area (Å²) in [4.78, 5) is 29.5. The molecular weight excluding hydrogens is 388 g/mol. The third-order valence-corrected chi connectivity index (χ3v) is 5.23. The summed E-state index contributed by atoms with van der Waals surface area (Å²) in [5.41, 5.74) is 3.80. The van der Waals surface area contributed by atoms with Crippen LogP contribution in [0.15, 0.2) is 48.5 Å². The van der Waals surface area contributed by atoms with E-state index >= 15 is 0 Å². The fraction of sp³-hybridized carbons (Fsp3) is 0.440. The number of benzene rings is 2. The summed E-state index contributed by atoms with van der Waals surface area (Å²) < 4.78 is 0. The average Bonchev–Trinajstić information content (AvgIpc) is 2.74. The Morgan fingerprint density at radius 3 is 2.29 bits per heavy atom. The minimum absolute atomic E-state index is 0.141. The fourth-order valence-corrected chi connectivity index (χ4v) is 3.76. The van der Waals surface area contributed by atoms with Gasteiger partial charge in [-0.15, -0.1) is 0 Å². The van der Waals surface area contributed by atoms with Gasteiger partial charge in [0, 0.05) is 45.1 Å². The molecule has 2 aromatic rings. The van der Waals surface area contributed by atoms with Gasteiger partial charge < -0.3 is 20.4 Å². The number of amides is 3. The van der Waals surface area contributed by atoms with Gasteiger partial charge in [0.2, 0.25) is 5.91 Å². The molecule has 3 amide bonds. The molecule has 0 aliphatic heterocycles. The second-order valence-electron chi connectivity index (χ2n) is 7.85. The Hall–Kier alpha value is -3.02. The van der Waals surface area contributed by atoms with E-state index in [2.05, 4.69) is 24.5 Å². The number of urea groups is 1. The summed E-state index contributed by atoms with van der Waals surface area (Å²) in [6.45, 7) is 7.76. The molecule has 0 aliphatic rings. The first-order valence-corrected chi connectivity index (χ1v) is 11.1. The summed E-state index contributed by atoms with van der Waals surface area (Å²) in [5, 5.41) is 5.62. The summed E-state index contributed by atoms with van der Waals surface area (Å²) >= 11 is 0. The highest BCUT2D eigenvalue weighted by Crippen LogP contribution is 2.27. The molecule has 0 saturated carbocycles. The van der Waals surface area contributed by atoms with Crippen molar-refractivity contribution in [2.24, 2.45) is 0 Å². The third kappa shape index (κ3) is 6.74. The molecule has 0 aliphatic carbocycles. The Morgan fingerprint density at radius 2 is 1.71 bits per heavy atom. The number of carbonyl (C=O) groups excluding carboxylic acids is 2. The Balaban J connectivity index is 2.33. The SMILES string of the molecule is CCCN(Cc1cc(NC(=O)NCC)ccc1N(C)C)C(=O)C(CC)c1ccccc1. The lowest BCUT2D eigenvalue weighted by Gasteiger charge is -2.29. The number of rotatable bonds is 10. The van der Waals surface area contributed by atoms with Crippen LogP contribution in [-0.2, 0) is 11.3 Å². The van der Waals surface area contributed by atoms with Crippen molar-refractivity contribution in [3.05, 3.63) is 59.7 Å². The number of anilines is 2. The smallest absolute Gasteiger partial charge is 0.319 e. The summed E-state index contributed by atoms with van der Waals surface area (Å²) in [7, 11) is 3.97. The van der Waals surface area contributed by atoms with Crippen molar-refractivity contribution in [3.63, 3.8) is 0 Å². The van der Waals surface area contributed by atoms with Crippen LogP contribution in [0.5, 0.6) is 0 Å². The second kappa shape index (κ2) is 12.0. The van der Waals surface area contributed by atoms with Gasteiger partial charge in [0.15, 0.2) is 0 Å². The fourth-order valence-electron chi connectivity index (χ4n) is 3.76. The molecule has 0 heterocycles. The van der Waals surface area contributed by atoms with Gasteiger partial charge in [-0.25, -0.2) is 4.79 Å². The van der Waals surface area contributed by atoms with Crippen molar-refractivity contribution in [3.8, 4) is 0 Å². The Bertz CT molecular complexity index is 852. The molecule has 0 spiro atoms. The van der Waals surface area contributed by atoms with Gasteiger partial charge in [-0.2, -0.15) is 0 Å². The van der Waals surface area contributed by atoms with Crippen molar-refractivity contribution in [2.75, 3.05) is 37.4 Å². The van der Waals surface area contributed by atoms with E-state index in [9.17, 15) is 9.59 Å². The maximum Gasteiger partial charge on any atom is 0.319 e. The molecule has 0 fully saturated rings. The van der Waals surface area contributed by atoms with Crippen LogP contribution < -0.4 is 15.5 Å². The lowest BCUT2D eigenvalue weighted by atomic mass is 9.94. The highest BCUT2D eigenvalue weighted by atomic mass is 16.2. The van der Waals surface area contributed by atoms with Crippen LogP contribution in [0.4, 0.5) is 16.2 Å². The number of nitrogens with one attached hydrogen (secondary N) is 2. The minimum atomic E-state index is -0.234. The molecule has 31 heavy (non-hydrogen) atoms. The Kier molecular flexibility index (Phi) is 9.38. The van der Waals surface area contributed by atoms with Crippen LogP contribution in [0, 0.1) is 0 Å². The van der Waals surface area contributed by atoms with Gasteiger partial charge in [-0.1, -0.05) is 44.2 Å². The van der Waals surface area contributed by atoms with Gasteiger partial charge in [-0.3, -0.25) is 4.79 Å². The van der Waals surface area contributed by atoms with E-state index in [-0.39, 0.29) is 17.9 Å². The highest BCUT2D eigenvalue weighted by molar-refractivity contribution is 5.89. The molecule has 0 saturated heterocycles. The number of carbonyl (C=O) groups is 2. The van der Waals surface area contributed by atoms with Crippen molar-refractivity contribution in [1.82, 2.24) is 10.2 Å². The molecule has 2 aromatic carbocycles. The van der Waals surface area contributed by atoms with E-state index in [0.29, 0.717) is 25.3 Å². The summed E-state index contributed by atoms with van der Waals surface area (Å²) in [5.74, 6) is -0.0189. The van der Waals surface area contributed by atoms with Crippen LogP contribution in [0.1, 0.15) is 50.7 Å². The monoisotopic (exact) mass is 424 g/mol. The van der Waals surface area contributed by atoms with Crippen LogP contribution >= 0.6 is 0 Å². The van der Waals surface area contributed by atoms with Crippen LogP contribution in [0.2, 0.25) is 0 Å². The van der Waals surface area contributed by atoms with Crippen molar-refractivity contribution < 1.29 is 9.59 Å². The topological polar surface area (TPSA) is 64.7 Å². The zero-order valence-electron chi connectivity index (χ0n) is 19.4. The van der Waals surface area contributed by atoms with Crippen molar-refractivity contribution in [1.29, 1.82) is 0 Å². The molecule has 0 bridgehead atoms. The summed E-state index contributed by atoms with van der Waals surface area (Å²) in [6.07, 6.45) is 1.63. The zero-order valence-corrected chi connectivity index (χ0v) is 19.4. The molecule has 168 valence electrons. The van der Waals surface area contributed by atoms with Crippen molar-refractivity contribution >= 4 is 23.3 Å². The molecule has 0 aromatic heterocycles.